The van der Waals surface area contributed by atoms with Crippen LogP contribution in [0.15, 0.2) is 48.5 Å². The fourth-order valence-electron chi connectivity index (χ4n) is 4.06. The summed E-state index contributed by atoms with van der Waals surface area (Å²) in [6, 6.07) is 16.0. The maximum absolute atomic E-state index is 5.83. The molecule has 0 unspecified atom stereocenters. The van der Waals surface area contributed by atoms with Crippen molar-refractivity contribution in [3.63, 3.8) is 0 Å². The fraction of sp³-hybridized carbons (Fsp3) is 0.318. The van der Waals surface area contributed by atoms with Crippen LogP contribution in [0.3, 0.4) is 0 Å². The Morgan fingerprint density at radius 1 is 0.340 bits per heavy atom. The van der Waals surface area contributed by atoms with E-state index in [0.29, 0.717) is 22.6 Å². The van der Waals surface area contributed by atoms with E-state index in [9.17, 15) is 0 Å². The minimum absolute atomic E-state index is 0.612. The minimum Gasteiger partial charge on any atom is -0.495 e. The summed E-state index contributed by atoms with van der Waals surface area (Å²) in [6.45, 7) is 26.9. The lowest BCUT2D eigenvalue weighted by molar-refractivity contribution is 0.401. The van der Waals surface area contributed by atoms with Crippen molar-refractivity contribution in [2.75, 3.05) is 14.2 Å². The van der Waals surface area contributed by atoms with Gasteiger partial charge in [-0.2, -0.15) is 0 Å². The van der Waals surface area contributed by atoms with Gasteiger partial charge >= 0.3 is 0 Å². The second-order valence-corrected chi connectivity index (χ2v) is 35.3. The summed E-state index contributed by atoms with van der Waals surface area (Å²) in [5, 5.41) is 0. The summed E-state index contributed by atoms with van der Waals surface area (Å²) < 4.78 is 11.7. The van der Waals surface area contributed by atoms with Crippen molar-refractivity contribution in [2.45, 2.75) is 78.6 Å². The Bertz CT molecular complexity index is 1990. The molecule has 0 atom stereocenters. The van der Waals surface area contributed by atoms with E-state index in [1.165, 1.54) is 0 Å². The average molecular weight is 723 g/mol. The van der Waals surface area contributed by atoms with Crippen molar-refractivity contribution >= 4 is 32.3 Å². The van der Waals surface area contributed by atoms with Crippen molar-refractivity contribution in [3.8, 4) is 81.0 Å². The molecule has 254 valence electrons. The van der Waals surface area contributed by atoms with Gasteiger partial charge in [-0.05, 0) is 36.4 Å². The Morgan fingerprint density at radius 3 is 0.940 bits per heavy atom. The first-order valence-electron chi connectivity index (χ1n) is 16.9. The molecule has 0 aliphatic heterocycles. The van der Waals surface area contributed by atoms with Crippen molar-refractivity contribution in [1.82, 2.24) is 0 Å². The van der Waals surface area contributed by atoms with Gasteiger partial charge < -0.3 is 9.47 Å². The molecule has 3 aromatic rings. The Labute approximate surface area is 307 Å². The van der Waals surface area contributed by atoms with E-state index in [1.54, 1.807) is 14.2 Å². The van der Waals surface area contributed by atoms with Crippen LogP contribution >= 0.6 is 0 Å². The van der Waals surface area contributed by atoms with Crippen LogP contribution in [-0.2, 0) is 0 Å². The number of ether oxygens (including phenoxy) is 2. The van der Waals surface area contributed by atoms with E-state index in [4.69, 9.17) is 9.47 Å². The zero-order valence-electron chi connectivity index (χ0n) is 32.4. The quantitative estimate of drug-likeness (QED) is 0.194. The minimum atomic E-state index is -1.59. The first-order chi connectivity index (χ1) is 23.1. The van der Waals surface area contributed by atoms with Crippen LogP contribution in [-0.4, -0.2) is 46.5 Å². The molecule has 0 radical (unpaired) electrons. The van der Waals surface area contributed by atoms with Crippen molar-refractivity contribution < 1.29 is 9.47 Å². The lowest BCUT2D eigenvalue weighted by atomic mass is 10.0. The van der Waals surface area contributed by atoms with Gasteiger partial charge in [0.2, 0.25) is 0 Å². The number of benzene rings is 3. The van der Waals surface area contributed by atoms with Crippen LogP contribution < -0.4 is 9.47 Å². The number of hydrogen-bond donors (Lipinski definition) is 0. The first kappa shape index (κ1) is 39.9. The maximum atomic E-state index is 5.83. The van der Waals surface area contributed by atoms with E-state index in [2.05, 4.69) is 148 Å². The molecule has 2 nitrogen and oxygen atoms in total. The second-order valence-electron chi connectivity index (χ2n) is 16.3. The van der Waals surface area contributed by atoms with Gasteiger partial charge in [0.1, 0.15) is 43.8 Å². The highest BCUT2D eigenvalue weighted by molar-refractivity contribution is 6.85. The molecule has 0 saturated carbocycles. The zero-order valence-corrected chi connectivity index (χ0v) is 36.4. The zero-order chi connectivity index (χ0) is 37.3. The second kappa shape index (κ2) is 16.5. The maximum Gasteiger partial charge on any atom is 0.136 e. The molecule has 3 rings (SSSR count). The van der Waals surface area contributed by atoms with Gasteiger partial charge in [-0.15, -0.1) is 22.2 Å². The molecule has 0 spiro atoms. The van der Waals surface area contributed by atoms with Crippen molar-refractivity contribution in [2.24, 2.45) is 0 Å². The molecule has 6 heteroatoms. The predicted octanol–water partition coefficient (Wildman–Crippen LogP) is 9.42. The molecule has 0 amide bonds. The Morgan fingerprint density at radius 2 is 0.640 bits per heavy atom. The molecule has 50 heavy (non-hydrogen) atoms. The lowest BCUT2D eigenvalue weighted by Crippen LogP contribution is -2.16. The van der Waals surface area contributed by atoms with Gasteiger partial charge in [0.05, 0.1) is 25.3 Å². The average Bonchev–Trinajstić information content (AvgIpc) is 3.01. The topological polar surface area (TPSA) is 18.5 Å². The molecule has 0 aliphatic rings. The Hall–Kier alpha value is -4.51. The van der Waals surface area contributed by atoms with Crippen LogP contribution in [0.1, 0.15) is 44.5 Å². The molecule has 0 saturated heterocycles. The van der Waals surface area contributed by atoms with E-state index in [0.717, 1.165) is 33.4 Å². The Balaban J connectivity index is 2.17. The SMILES string of the molecule is COc1cc(C#Cc2cc(C#C[Si](C)(C)C)ccc2C#C[Si](C)(C)C)c(OC)cc1C#Cc1cc(C#C[Si](C)(C)C)ccc1C#C[Si](C)(C)C. The molecule has 0 heterocycles. The highest BCUT2D eigenvalue weighted by Crippen LogP contribution is 2.28. The molecule has 0 fully saturated rings. The summed E-state index contributed by atoms with van der Waals surface area (Å²) in [6.07, 6.45) is 0. The number of rotatable bonds is 2. The third kappa shape index (κ3) is 13.8. The molecular weight excluding hydrogens is 673 g/mol. The van der Waals surface area contributed by atoms with Crippen LogP contribution in [0.4, 0.5) is 0 Å². The monoisotopic (exact) mass is 722 g/mol. The van der Waals surface area contributed by atoms with Crippen molar-refractivity contribution in [3.05, 3.63) is 93.0 Å². The molecule has 0 N–H and O–H groups in total. The van der Waals surface area contributed by atoms with E-state index >= 15 is 0 Å². The normalized spacial score (nSPS) is 10.8. The third-order valence-electron chi connectivity index (χ3n) is 6.53. The summed E-state index contributed by atoms with van der Waals surface area (Å²) in [5.74, 6) is 28.2. The highest BCUT2D eigenvalue weighted by atomic mass is 28.3. The number of hydrogen-bond acceptors (Lipinski definition) is 2. The molecule has 0 aromatic heterocycles. The van der Waals surface area contributed by atoms with Gasteiger partial charge in [-0.25, -0.2) is 0 Å². The summed E-state index contributed by atoms with van der Waals surface area (Å²) in [7, 11) is -2.97. The van der Waals surface area contributed by atoms with Crippen molar-refractivity contribution in [1.29, 1.82) is 0 Å². The number of methoxy groups -OCH3 is 2. The van der Waals surface area contributed by atoms with Gasteiger partial charge in [-0.1, -0.05) is 126 Å². The Kier molecular flexibility index (Phi) is 13.1. The van der Waals surface area contributed by atoms with E-state index in [-0.39, 0.29) is 0 Å². The van der Waals surface area contributed by atoms with Crippen LogP contribution in [0.5, 0.6) is 11.5 Å². The molecule has 3 aromatic carbocycles. The largest absolute Gasteiger partial charge is 0.495 e. The van der Waals surface area contributed by atoms with E-state index < -0.39 is 32.3 Å². The van der Waals surface area contributed by atoms with Crippen LogP contribution in [0.2, 0.25) is 78.6 Å². The van der Waals surface area contributed by atoms with Gasteiger partial charge in [0.15, 0.2) is 0 Å². The van der Waals surface area contributed by atoms with Gasteiger partial charge in [-0.3, -0.25) is 0 Å². The lowest BCUT2D eigenvalue weighted by Gasteiger charge is -2.09. The van der Waals surface area contributed by atoms with Gasteiger partial charge in [0.25, 0.3) is 0 Å². The third-order valence-corrected chi connectivity index (χ3v) is 10.0. The van der Waals surface area contributed by atoms with Crippen LogP contribution in [0.25, 0.3) is 0 Å². The summed E-state index contributed by atoms with van der Waals surface area (Å²) >= 11 is 0. The van der Waals surface area contributed by atoms with Gasteiger partial charge in [0, 0.05) is 45.5 Å². The van der Waals surface area contributed by atoms with Crippen LogP contribution in [0, 0.1) is 69.5 Å². The highest BCUT2D eigenvalue weighted by Gasteiger charge is 2.13. The smallest absolute Gasteiger partial charge is 0.136 e. The van der Waals surface area contributed by atoms with E-state index in [1.807, 2.05) is 48.5 Å². The molecule has 0 aliphatic carbocycles. The standard InChI is InChI=1S/C44H50O2Si4/c1-45-43-33-42(22-20-40-32-36(24-28-48(6,7)8)16-18-38(40)26-30-50(12,13)14)44(46-2)34-41(43)21-19-39-31-35(23-27-47(3,4)5)15-17-37(39)25-29-49(9,10)11/h15-18,31-34H,1-14H3. The predicted molar refractivity (Wildman–Crippen MR) is 225 cm³/mol. The fourth-order valence-corrected chi connectivity index (χ4v) is 6.12. The first-order valence-corrected chi connectivity index (χ1v) is 30.9. The summed E-state index contributed by atoms with van der Waals surface area (Å²) in [5.41, 5.74) is 20.6. The molecule has 0 bridgehead atoms. The molecular formula is C44H50O2Si4. The summed E-state index contributed by atoms with van der Waals surface area (Å²) in [4.78, 5) is 0.